The zero-order valence-electron chi connectivity index (χ0n) is 10.8. The van der Waals surface area contributed by atoms with Crippen molar-refractivity contribution < 1.29 is 9.31 Å². The molecule has 0 saturated carbocycles. The molecule has 0 N–H and O–H groups in total. The highest BCUT2D eigenvalue weighted by molar-refractivity contribution is 6.30. The molecule has 0 bridgehead atoms. The molecule has 0 aliphatic heterocycles. The van der Waals surface area contributed by atoms with Crippen molar-refractivity contribution in [3.63, 3.8) is 0 Å². The number of rotatable bonds is 3. The Kier molecular flexibility index (Phi) is 3.35. The van der Waals surface area contributed by atoms with Crippen molar-refractivity contribution in [2.45, 2.75) is 6.54 Å². The quantitative estimate of drug-likeness (QED) is 0.532. The third-order valence-electron chi connectivity index (χ3n) is 3.30. The van der Waals surface area contributed by atoms with E-state index in [2.05, 4.69) is 0 Å². The van der Waals surface area contributed by atoms with E-state index in [0.717, 1.165) is 16.5 Å². The molecule has 3 aromatic rings. The van der Waals surface area contributed by atoms with E-state index in [4.69, 9.17) is 11.6 Å². The summed E-state index contributed by atoms with van der Waals surface area (Å²) in [4.78, 5) is 10.3. The Bertz CT molecular complexity index is 845. The number of non-ortho nitro benzene ring substituents is 1. The van der Waals surface area contributed by atoms with Gasteiger partial charge >= 0.3 is 0 Å². The topological polar surface area (TPSA) is 48.1 Å². The number of hydrogen-bond donors (Lipinski definition) is 0. The van der Waals surface area contributed by atoms with Gasteiger partial charge in [-0.25, -0.2) is 4.39 Å². The summed E-state index contributed by atoms with van der Waals surface area (Å²) in [6.07, 6.45) is 1.84. The lowest BCUT2D eigenvalue weighted by atomic mass is 10.2. The van der Waals surface area contributed by atoms with E-state index in [-0.39, 0.29) is 10.7 Å². The van der Waals surface area contributed by atoms with Crippen LogP contribution in [-0.4, -0.2) is 9.49 Å². The van der Waals surface area contributed by atoms with Gasteiger partial charge in [0.25, 0.3) is 5.69 Å². The molecule has 0 aliphatic carbocycles. The normalized spacial score (nSPS) is 11.0. The van der Waals surface area contributed by atoms with Crippen LogP contribution in [0.1, 0.15) is 5.56 Å². The lowest BCUT2D eigenvalue weighted by Gasteiger charge is -2.06. The Morgan fingerprint density at radius 1 is 1.19 bits per heavy atom. The zero-order valence-corrected chi connectivity index (χ0v) is 11.5. The molecule has 0 unspecified atom stereocenters. The molecule has 1 aromatic heterocycles. The Balaban J connectivity index is 1.97. The van der Waals surface area contributed by atoms with Crippen molar-refractivity contribution in [3.8, 4) is 0 Å². The van der Waals surface area contributed by atoms with Crippen LogP contribution in [-0.2, 0) is 6.54 Å². The number of nitro groups is 1. The highest BCUT2D eigenvalue weighted by Gasteiger charge is 2.09. The van der Waals surface area contributed by atoms with Gasteiger partial charge in [0.05, 0.1) is 9.95 Å². The number of nitro benzene ring substituents is 1. The van der Waals surface area contributed by atoms with E-state index in [1.807, 2.05) is 16.8 Å². The second kappa shape index (κ2) is 5.18. The minimum atomic E-state index is -0.451. The van der Waals surface area contributed by atoms with E-state index in [9.17, 15) is 14.5 Å². The van der Waals surface area contributed by atoms with Crippen LogP contribution >= 0.6 is 11.6 Å². The van der Waals surface area contributed by atoms with Crippen molar-refractivity contribution in [2.24, 2.45) is 0 Å². The van der Waals surface area contributed by atoms with Gasteiger partial charge in [-0.15, -0.1) is 0 Å². The van der Waals surface area contributed by atoms with Crippen molar-refractivity contribution in [1.82, 2.24) is 4.57 Å². The molecule has 0 fully saturated rings. The second-order valence-electron chi connectivity index (χ2n) is 4.69. The van der Waals surface area contributed by atoms with Crippen molar-refractivity contribution in [3.05, 3.63) is 75.2 Å². The third kappa shape index (κ3) is 2.60. The average molecular weight is 305 g/mol. The number of benzene rings is 2. The number of nitrogens with zero attached hydrogens (tertiary/aromatic N) is 2. The molecule has 0 spiro atoms. The van der Waals surface area contributed by atoms with Gasteiger partial charge in [0.15, 0.2) is 0 Å². The summed E-state index contributed by atoms with van der Waals surface area (Å²) in [6.45, 7) is 0.515. The fourth-order valence-corrected chi connectivity index (χ4v) is 2.48. The summed E-state index contributed by atoms with van der Waals surface area (Å²) in [7, 11) is 0. The van der Waals surface area contributed by atoms with Crippen LogP contribution < -0.4 is 0 Å². The minimum absolute atomic E-state index is 0.0603. The van der Waals surface area contributed by atoms with Crippen LogP contribution in [0.3, 0.4) is 0 Å². The van der Waals surface area contributed by atoms with Gasteiger partial charge in [-0.2, -0.15) is 0 Å². The Morgan fingerprint density at radius 3 is 2.71 bits per heavy atom. The number of halogens is 2. The summed E-state index contributed by atoms with van der Waals surface area (Å²) < 4.78 is 15.1. The lowest BCUT2D eigenvalue weighted by molar-refractivity contribution is -0.384. The minimum Gasteiger partial charge on any atom is -0.343 e. The van der Waals surface area contributed by atoms with Gasteiger partial charge in [-0.3, -0.25) is 10.1 Å². The Labute approximate surface area is 124 Å². The summed E-state index contributed by atoms with van der Waals surface area (Å²) in [5, 5.41) is 11.6. The van der Waals surface area contributed by atoms with Crippen molar-refractivity contribution in [1.29, 1.82) is 0 Å². The molecular formula is C15H10ClFN2O2. The van der Waals surface area contributed by atoms with Gasteiger partial charge in [0.1, 0.15) is 5.82 Å². The molecule has 3 rings (SSSR count). The molecule has 0 radical (unpaired) electrons. The predicted molar refractivity (Wildman–Crippen MR) is 79.1 cm³/mol. The first kappa shape index (κ1) is 13.6. The van der Waals surface area contributed by atoms with E-state index in [0.29, 0.717) is 6.54 Å². The zero-order chi connectivity index (χ0) is 15.0. The monoisotopic (exact) mass is 304 g/mol. The SMILES string of the molecule is O=[N+]([O-])c1ccc2c(ccn2Cc2ccc(F)c(Cl)c2)c1. The smallest absolute Gasteiger partial charge is 0.270 e. The standard InChI is InChI=1S/C15H10ClFN2O2/c16-13-7-10(1-3-14(13)17)9-18-6-5-11-8-12(19(20)21)2-4-15(11)18/h1-8H,9H2. The Hall–Kier alpha value is -2.40. The molecule has 0 amide bonds. The average Bonchev–Trinajstić information content (AvgIpc) is 2.85. The largest absolute Gasteiger partial charge is 0.343 e. The maximum Gasteiger partial charge on any atom is 0.270 e. The van der Waals surface area contributed by atoms with Crippen LogP contribution in [0.25, 0.3) is 10.9 Å². The van der Waals surface area contributed by atoms with Gasteiger partial charge < -0.3 is 4.57 Å². The van der Waals surface area contributed by atoms with E-state index in [1.165, 1.54) is 18.2 Å². The molecule has 2 aromatic carbocycles. The van der Waals surface area contributed by atoms with Crippen LogP contribution in [0.2, 0.25) is 5.02 Å². The molecule has 106 valence electrons. The molecule has 6 heteroatoms. The molecule has 1 heterocycles. The fourth-order valence-electron chi connectivity index (χ4n) is 2.27. The number of aromatic nitrogens is 1. The summed E-state index contributed by atoms with van der Waals surface area (Å²) >= 11 is 5.77. The highest BCUT2D eigenvalue weighted by atomic mass is 35.5. The van der Waals surface area contributed by atoms with Gasteiger partial charge in [0, 0.05) is 35.8 Å². The van der Waals surface area contributed by atoms with E-state index < -0.39 is 10.7 Å². The first-order valence-electron chi connectivity index (χ1n) is 6.22. The van der Waals surface area contributed by atoms with Crippen LogP contribution in [0, 0.1) is 15.9 Å². The number of hydrogen-bond acceptors (Lipinski definition) is 2. The first-order chi connectivity index (χ1) is 10.0. The summed E-state index contributed by atoms with van der Waals surface area (Å²) in [6, 6.07) is 11.1. The highest BCUT2D eigenvalue weighted by Crippen LogP contribution is 2.23. The molecule has 0 aliphatic rings. The molecule has 0 atom stereocenters. The first-order valence-corrected chi connectivity index (χ1v) is 6.59. The molecule has 21 heavy (non-hydrogen) atoms. The maximum atomic E-state index is 13.1. The van der Waals surface area contributed by atoms with E-state index >= 15 is 0 Å². The molecule has 0 saturated heterocycles. The predicted octanol–water partition coefficient (Wildman–Crippen LogP) is 4.39. The second-order valence-corrected chi connectivity index (χ2v) is 5.10. The van der Waals surface area contributed by atoms with Crippen molar-refractivity contribution >= 4 is 28.2 Å². The lowest BCUT2D eigenvalue weighted by Crippen LogP contribution is -1.98. The third-order valence-corrected chi connectivity index (χ3v) is 3.59. The van der Waals surface area contributed by atoms with Crippen LogP contribution in [0.15, 0.2) is 48.7 Å². The van der Waals surface area contributed by atoms with Gasteiger partial charge in [-0.1, -0.05) is 17.7 Å². The van der Waals surface area contributed by atoms with Crippen LogP contribution in [0.5, 0.6) is 0 Å². The molecule has 4 nitrogen and oxygen atoms in total. The summed E-state index contributed by atoms with van der Waals surface area (Å²) in [5.74, 6) is -0.451. The number of fused-ring (bicyclic) bond motifs is 1. The van der Waals surface area contributed by atoms with Gasteiger partial charge in [-0.05, 0) is 29.8 Å². The van der Waals surface area contributed by atoms with E-state index in [1.54, 1.807) is 18.2 Å². The Morgan fingerprint density at radius 2 is 2.00 bits per heavy atom. The maximum absolute atomic E-state index is 13.1. The fraction of sp³-hybridized carbons (Fsp3) is 0.0667. The van der Waals surface area contributed by atoms with Crippen LogP contribution in [0.4, 0.5) is 10.1 Å². The van der Waals surface area contributed by atoms with Crippen molar-refractivity contribution in [2.75, 3.05) is 0 Å². The van der Waals surface area contributed by atoms with Gasteiger partial charge in [0.2, 0.25) is 0 Å². The summed E-state index contributed by atoms with van der Waals surface area (Å²) in [5.41, 5.74) is 1.79. The molecular weight excluding hydrogens is 295 g/mol.